The van der Waals surface area contributed by atoms with Crippen molar-refractivity contribution in [3.05, 3.63) is 23.8 Å². The summed E-state index contributed by atoms with van der Waals surface area (Å²) in [4.78, 5) is 11.4. The fraction of sp³-hybridized carbons (Fsp3) is 0.462. The van der Waals surface area contributed by atoms with E-state index in [4.69, 9.17) is 15.2 Å². The Morgan fingerprint density at radius 1 is 1.41 bits per heavy atom. The van der Waals surface area contributed by atoms with Crippen molar-refractivity contribution in [2.45, 2.75) is 20.8 Å². The Bertz CT molecular complexity index is 413. The fourth-order valence-corrected chi connectivity index (χ4v) is 1.31. The molecule has 0 atom stereocenters. The minimum absolute atomic E-state index is 0.252. The molecule has 0 fully saturated rings. The van der Waals surface area contributed by atoms with E-state index in [1.54, 1.807) is 19.9 Å². The van der Waals surface area contributed by atoms with Crippen LogP contribution in [0.3, 0.4) is 0 Å². The number of carbonyl (C=O) groups excluding carboxylic acids is 1. The smallest absolute Gasteiger partial charge is 0.314 e. The van der Waals surface area contributed by atoms with Crippen LogP contribution in [0.4, 0.5) is 5.69 Å². The number of nitrogen functional groups attached to an aromatic ring is 1. The summed E-state index contributed by atoms with van der Waals surface area (Å²) in [7, 11) is 1.37. The summed E-state index contributed by atoms with van der Waals surface area (Å²) >= 11 is 0. The Morgan fingerprint density at radius 3 is 2.59 bits per heavy atom. The van der Waals surface area contributed by atoms with Crippen molar-refractivity contribution in [2.24, 2.45) is 5.41 Å². The molecule has 4 nitrogen and oxygen atoms in total. The first-order chi connectivity index (χ1) is 7.86. The third-order valence-corrected chi connectivity index (χ3v) is 2.59. The topological polar surface area (TPSA) is 61.5 Å². The molecule has 0 spiro atoms. The first kappa shape index (κ1) is 13.4. The standard InChI is InChI=1S/C13H19NO3/c1-9-5-6-10(7-11(9)14)17-8-13(2,3)12(15)16-4/h5-7H,8,14H2,1-4H3. The lowest BCUT2D eigenvalue weighted by Crippen LogP contribution is -2.32. The summed E-state index contributed by atoms with van der Waals surface area (Å²) in [6, 6.07) is 5.47. The minimum atomic E-state index is -0.672. The second kappa shape index (κ2) is 5.08. The Kier molecular flexibility index (Phi) is 3.99. The highest BCUT2D eigenvalue weighted by Crippen LogP contribution is 2.23. The van der Waals surface area contributed by atoms with Gasteiger partial charge in [0.25, 0.3) is 0 Å². The van der Waals surface area contributed by atoms with Crippen molar-refractivity contribution in [3.63, 3.8) is 0 Å². The molecule has 0 saturated carbocycles. The van der Waals surface area contributed by atoms with Crippen LogP contribution in [0, 0.1) is 12.3 Å². The molecule has 0 aliphatic carbocycles. The summed E-state index contributed by atoms with van der Waals surface area (Å²) < 4.78 is 10.3. The Balaban J connectivity index is 2.67. The zero-order valence-corrected chi connectivity index (χ0v) is 10.7. The van der Waals surface area contributed by atoms with E-state index in [0.717, 1.165) is 5.56 Å². The van der Waals surface area contributed by atoms with E-state index in [1.165, 1.54) is 7.11 Å². The number of methoxy groups -OCH3 is 1. The zero-order valence-electron chi connectivity index (χ0n) is 10.7. The third kappa shape index (κ3) is 3.37. The predicted molar refractivity (Wildman–Crippen MR) is 66.9 cm³/mol. The average Bonchev–Trinajstić information content (AvgIpc) is 2.29. The lowest BCUT2D eigenvalue weighted by Gasteiger charge is -2.21. The molecule has 0 aliphatic heterocycles. The molecule has 0 heterocycles. The number of rotatable bonds is 4. The summed E-state index contributed by atoms with van der Waals surface area (Å²) in [6.07, 6.45) is 0. The molecule has 1 aromatic rings. The molecule has 0 aliphatic rings. The number of ether oxygens (including phenoxy) is 2. The number of hydrogen-bond acceptors (Lipinski definition) is 4. The molecule has 17 heavy (non-hydrogen) atoms. The van der Waals surface area contributed by atoms with E-state index in [9.17, 15) is 4.79 Å². The van der Waals surface area contributed by atoms with Crippen molar-refractivity contribution < 1.29 is 14.3 Å². The van der Waals surface area contributed by atoms with Gasteiger partial charge in [-0.25, -0.2) is 0 Å². The van der Waals surface area contributed by atoms with Gasteiger partial charge >= 0.3 is 5.97 Å². The number of benzene rings is 1. The molecule has 2 N–H and O–H groups in total. The van der Waals surface area contributed by atoms with Crippen molar-refractivity contribution >= 4 is 11.7 Å². The monoisotopic (exact) mass is 237 g/mol. The quantitative estimate of drug-likeness (QED) is 0.644. The van der Waals surface area contributed by atoms with Crippen molar-refractivity contribution in [1.82, 2.24) is 0 Å². The van der Waals surface area contributed by atoms with Crippen molar-refractivity contribution in [2.75, 3.05) is 19.5 Å². The van der Waals surface area contributed by atoms with Crippen LogP contribution in [0.25, 0.3) is 0 Å². The van der Waals surface area contributed by atoms with E-state index < -0.39 is 5.41 Å². The molecule has 0 amide bonds. The fourth-order valence-electron chi connectivity index (χ4n) is 1.31. The minimum Gasteiger partial charge on any atom is -0.492 e. The molecule has 0 aromatic heterocycles. The molecular weight excluding hydrogens is 218 g/mol. The van der Waals surface area contributed by atoms with E-state index in [1.807, 2.05) is 19.1 Å². The van der Waals surface area contributed by atoms with Crippen LogP contribution in [-0.4, -0.2) is 19.7 Å². The molecule has 0 radical (unpaired) electrons. The number of esters is 1. The van der Waals surface area contributed by atoms with Gasteiger partial charge in [0.2, 0.25) is 0 Å². The highest BCUT2D eigenvalue weighted by atomic mass is 16.5. The van der Waals surface area contributed by atoms with Gasteiger partial charge in [-0.3, -0.25) is 4.79 Å². The third-order valence-electron chi connectivity index (χ3n) is 2.59. The highest BCUT2D eigenvalue weighted by molar-refractivity contribution is 5.75. The van der Waals surface area contributed by atoms with Crippen LogP contribution in [-0.2, 0) is 9.53 Å². The number of nitrogens with two attached hydrogens (primary N) is 1. The van der Waals surface area contributed by atoms with Crippen LogP contribution >= 0.6 is 0 Å². The Morgan fingerprint density at radius 2 is 2.06 bits per heavy atom. The predicted octanol–water partition coefficient (Wildman–Crippen LogP) is 2.16. The van der Waals surface area contributed by atoms with Gasteiger partial charge in [0.05, 0.1) is 12.5 Å². The van der Waals surface area contributed by atoms with Gasteiger partial charge in [-0.1, -0.05) is 6.07 Å². The highest BCUT2D eigenvalue weighted by Gasteiger charge is 2.29. The average molecular weight is 237 g/mol. The van der Waals surface area contributed by atoms with Gasteiger partial charge < -0.3 is 15.2 Å². The lowest BCUT2D eigenvalue weighted by molar-refractivity contribution is -0.152. The number of carbonyl (C=O) groups is 1. The Hall–Kier alpha value is -1.71. The Labute approximate surface area is 102 Å². The van der Waals surface area contributed by atoms with E-state index in [0.29, 0.717) is 11.4 Å². The molecule has 0 saturated heterocycles. The van der Waals surface area contributed by atoms with E-state index in [-0.39, 0.29) is 12.6 Å². The number of hydrogen-bond donors (Lipinski definition) is 1. The first-order valence-electron chi connectivity index (χ1n) is 5.44. The van der Waals surface area contributed by atoms with Gasteiger partial charge in [0.15, 0.2) is 0 Å². The first-order valence-corrected chi connectivity index (χ1v) is 5.44. The van der Waals surface area contributed by atoms with E-state index in [2.05, 4.69) is 0 Å². The van der Waals surface area contributed by atoms with Crippen LogP contribution in [0.5, 0.6) is 5.75 Å². The SMILES string of the molecule is COC(=O)C(C)(C)COc1ccc(C)c(N)c1. The van der Waals surface area contributed by atoms with Gasteiger partial charge in [0, 0.05) is 11.8 Å². The largest absolute Gasteiger partial charge is 0.492 e. The number of anilines is 1. The summed E-state index contributed by atoms with van der Waals surface area (Å²) in [5, 5.41) is 0. The second-order valence-electron chi connectivity index (χ2n) is 4.68. The normalized spacial score (nSPS) is 11.1. The van der Waals surface area contributed by atoms with Crippen LogP contribution in [0.15, 0.2) is 18.2 Å². The lowest BCUT2D eigenvalue weighted by atomic mass is 9.95. The van der Waals surface area contributed by atoms with Crippen molar-refractivity contribution in [3.8, 4) is 5.75 Å². The molecule has 1 rings (SSSR count). The number of aryl methyl sites for hydroxylation is 1. The summed E-state index contributed by atoms with van der Waals surface area (Å²) in [6.45, 7) is 5.73. The molecule has 0 unspecified atom stereocenters. The van der Waals surface area contributed by atoms with Gasteiger partial charge in [-0.05, 0) is 32.4 Å². The van der Waals surface area contributed by atoms with Gasteiger partial charge in [-0.15, -0.1) is 0 Å². The van der Waals surface area contributed by atoms with Crippen molar-refractivity contribution in [1.29, 1.82) is 0 Å². The zero-order chi connectivity index (χ0) is 13.1. The maximum Gasteiger partial charge on any atom is 0.314 e. The summed E-state index contributed by atoms with van der Waals surface area (Å²) in [5.41, 5.74) is 6.79. The van der Waals surface area contributed by atoms with Crippen LogP contribution in [0.2, 0.25) is 0 Å². The van der Waals surface area contributed by atoms with Gasteiger partial charge in [-0.2, -0.15) is 0 Å². The maximum absolute atomic E-state index is 11.4. The molecular formula is C13H19NO3. The maximum atomic E-state index is 11.4. The molecule has 94 valence electrons. The second-order valence-corrected chi connectivity index (χ2v) is 4.68. The van der Waals surface area contributed by atoms with Gasteiger partial charge in [0.1, 0.15) is 12.4 Å². The molecule has 0 bridgehead atoms. The van der Waals surface area contributed by atoms with Crippen LogP contribution in [0.1, 0.15) is 19.4 Å². The molecule has 4 heteroatoms. The van der Waals surface area contributed by atoms with E-state index >= 15 is 0 Å². The summed E-state index contributed by atoms with van der Waals surface area (Å²) in [5.74, 6) is 0.364. The van der Waals surface area contributed by atoms with Crippen LogP contribution < -0.4 is 10.5 Å². The molecule has 1 aromatic carbocycles.